The van der Waals surface area contributed by atoms with Gasteiger partial charge in [0.1, 0.15) is 5.82 Å². The minimum atomic E-state index is -1.05. The van der Waals surface area contributed by atoms with Crippen molar-refractivity contribution in [2.24, 2.45) is 0 Å². The Hall–Kier alpha value is -1.20. The van der Waals surface area contributed by atoms with Crippen molar-refractivity contribution in [2.75, 3.05) is 13.2 Å². The minimum Gasteiger partial charge on any atom is -0.478 e. The number of halogens is 2. The summed E-state index contributed by atoms with van der Waals surface area (Å²) in [6.45, 7) is 0.592. The summed E-state index contributed by atoms with van der Waals surface area (Å²) in [5.41, 5.74) is -0.206. The molecule has 0 saturated carbocycles. The summed E-state index contributed by atoms with van der Waals surface area (Å²) < 4.78 is 19.6. The molecule has 17 heavy (non-hydrogen) atoms. The minimum absolute atomic E-state index is 0.296. The van der Waals surface area contributed by atoms with E-state index in [-0.39, 0.29) is 5.82 Å². The van der Waals surface area contributed by atoms with E-state index in [9.17, 15) is 9.18 Å². The molecule has 0 spiro atoms. The first-order chi connectivity index (χ1) is 8.03. The van der Waals surface area contributed by atoms with Crippen LogP contribution in [0.4, 0.5) is 4.39 Å². The molecular weight excluding hydrogens is 291 g/mol. The fourth-order valence-corrected chi connectivity index (χ4v) is 2.13. The molecule has 3 nitrogen and oxygen atoms in total. The fraction of sp³-hybridized carbons (Fsp3) is 0.250. The summed E-state index contributed by atoms with van der Waals surface area (Å²) >= 11 is 3.27. The maximum Gasteiger partial charge on any atom is 0.328 e. The number of hydrogen-bond donors (Lipinski definition) is 1. The molecule has 1 saturated heterocycles. The molecule has 0 bridgehead atoms. The molecule has 5 heteroatoms. The van der Waals surface area contributed by atoms with Crippen molar-refractivity contribution < 1.29 is 19.0 Å². The van der Waals surface area contributed by atoms with Crippen LogP contribution in [0.5, 0.6) is 0 Å². The Bertz CT molecular complexity index is 481. The first-order valence-corrected chi connectivity index (χ1v) is 5.78. The Balaban J connectivity index is 2.41. The average Bonchev–Trinajstić information content (AvgIpc) is 2.21. The summed E-state index contributed by atoms with van der Waals surface area (Å²) in [7, 11) is 0. The Morgan fingerprint density at radius 3 is 2.76 bits per heavy atom. The van der Waals surface area contributed by atoms with Gasteiger partial charge in [-0.15, -0.1) is 0 Å². The Morgan fingerprint density at radius 1 is 1.53 bits per heavy atom. The van der Waals surface area contributed by atoms with Crippen molar-refractivity contribution in [1.82, 2.24) is 0 Å². The predicted octanol–water partition coefficient (Wildman–Crippen LogP) is 2.50. The quantitative estimate of drug-likeness (QED) is 0.873. The first-order valence-electron chi connectivity index (χ1n) is 4.99. The summed E-state index contributed by atoms with van der Waals surface area (Å²) in [4.78, 5) is 10.5. The first kappa shape index (κ1) is 12.3. The van der Waals surface area contributed by atoms with E-state index in [2.05, 4.69) is 15.9 Å². The highest BCUT2D eigenvalue weighted by atomic mass is 79.9. The predicted molar refractivity (Wildman–Crippen MR) is 63.4 cm³/mol. The summed E-state index contributed by atoms with van der Waals surface area (Å²) in [5, 5.41) is 8.64. The molecule has 1 aliphatic rings. The second-order valence-corrected chi connectivity index (χ2v) is 4.86. The van der Waals surface area contributed by atoms with E-state index in [1.807, 2.05) is 0 Å². The number of carboxylic acids is 1. The zero-order valence-electron chi connectivity index (χ0n) is 8.82. The van der Waals surface area contributed by atoms with Crippen LogP contribution >= 0.6 is 15.9 Å². The Kier molecular flexibility index (Phi) is 3.31. The van der Waals surface area contributed by atoms with Gasteiger partial charge in [-0.2, -0.15) is 0 Å². The average molecular weight is 301 g/mol. The molecule has 0 unspecified atom stereocenters. The molecule has 90 valence electrons. The number of hydrogen-bond acceptors (Lipinski definition) is 2. The largest absolute Gasteiger partial charge is 0.478 e. The van der Waals surface area contributed by atoms with Gasteiger partial charge in [-0.3, -0.25) is 0 Å². The molecule has 1 aromatic carbocycles. The number of rotatable bonds is 3. The zero-order valence-corrected chi connectivity index (χ0v) is 10.4. The molecule has 1 aliphatic heterocycles. The van der Waals surface area contributed by atoms with Gasteiger partial charge in [0.25, 0.3) is 0 Å². The molecular formula is C12H10BrFO3. The lowest BCUT2D eigenvalue weighted by molar-refractivity contribution is -0.131. The number of benzene rings is 1. The van der Waals surface area contributed by atoms with Crippen LogP contribution in [0.2, 0.25) is 0 Å². The third kappa shape index (κ3) is 2.40. The standard InChI is InChI=1S/C12H10BrFO3/c13-8-1-2-10(14)9(5-8)12(6-17-7-12)4-3-11(15)16/h1-5H,6-7H2,(H,15,16)/b4-3+. The van der Waals surface area contributed by atoms with Crippen LogP contribution in [0.15, 0.2) is 34.8 Å². The van der Waals surface area contributed by atoms with Gasteiger partial charge in [0, 0.05) is 16.1 Å². The molecule has 1 fully saturated rings. The lowest BCUT2D eigenvalue weighted by Gasteiger charge is -2.39. The van der Waals surface area contributed by atoms with Crippen molar-refractivity contribution in [3.05, 3.63) is 46.2 Å². The van der Waals surface area contributed by atoms with E-state index in [1.54, 1.807) is 12.1 Å². The SMILES string of the molecule is O=C(O)/C=C/C1(c2cc(Br)ccc2F)COC1. The van der Waals surface area contributed by atoms with Crippen LogP contribution < -0.4 is 0 Å². The number of aliphatic carboxylic acids is 1. The number of carboxylic acid groups (broad SMARTS) is 1. The molecule has 0 radical (unpaired) electrons. The van der Waals surface area contributed by atoms with E-state index >= 15 is 0 Å². The van der Waals surface area contributed by atoms with Gasteiger partial charge in [-0.25, -0.2) is 9.18 Å². The van der Waals surface area contributed by atoms with Gasteiger partial charge in [-0.1, -0.05) is 22.0 Å². The summed E-state index contributed by atoms with van der Waals surface area (Å²) in [6, 6.07) is 4.62. The van der Waals surface area contributed by atoms with E-state index < -0.39 is 11.4 Å². The monoisotopic (exact) mass is 300 g/mol. The number of carbonyl (C=O) groups is 1. The van der Waals surface area contributed by atoms with Crippen molar-refractivity contribution in [1.29, 1.82) is 0 Å². The van der Waals surface area contributed by atoms with Crippen molar-refractivity contribution in [3.8, 4) is 0 Å². The molecule has 2 rings (SSSR count). The van der Waals surface area contributed by atoms with Gasteiger partial charge >= 0.3 is 5.97 Å². The van der Waals surface area contributed by atoms with Crippen LogP contribution in [0.25, 0.3) is 0 Å². The van der Waals surface area contributed by atoms with Gasteiger partial charge < -0.3 is 9.84 Å². The molecule has 1 N–H and O–H groups in total. The molecule has 0 aromatic heterocycles. The van der Waals surface area contributed by atoms with Crippen LogP contribution in [-0.4, -0.2) is 24.3 Å². The smallest absolute Gasteiger partial charge is 0.328 e. The van der Waals surface area contributed by atoms with Crippen LogP contribution in [0.3, 0.4) is 0 Å². The van der Waals surface area contributed by atoms with E-state index in [1.165, 1.54) is 12.1 Å². The summed E-state index contributed by atoms with van der Waals surface area (Å²) in [5.74, 6) is -1.40. The van der Waals surface area contributed by atoms with E-state index in [4.69, 9.17) is 9.84 Å². The van der Waals surface area contributed by atoms with Gasteiger partial charge in [0.2, 0.25) is 0 Å². The van der Waals surface area contributed by atoms with Crippen molar-refractivity contribution in [3.63, 3.8) is 0 Å². The van der Waals surface area contributed by atoms with Crippen LogP contribution in [-0.2, 0) is 14.9 Å². The second-order valence-electron chi connectivity index (χ2n) is 3.94. The lowest BCUT2D eigenvalue weighted by Crippen LogP contribution is -2.45. The lowest BCUT2D eigenvalue weighted by atomic mass is 9.78. The Labute approximate surface area is 106 Å². The maximum atomic E-state index is 13.8. The fourth-order valence-electron chi connectivity index (χ4n) is 1.77. The molecule has 0 amide bonds. The third-order valence-electron chi connectivity index (χ3n) is 2.73. The van der Waals surface area contributed by atoms with E-state index in [0.717, 1.165) is 10.5 Å². The normalized spacial score (nSPS) is 18.0. The number of ether oxygens (including phenoxy) is 1. The second kappa shape index (κ2) is 4.58. The molecule has 1 heterocycles. The van der Waals surface area contributed by atoms with Gasteiger partial charge in [0.05, 0.1) is 18.6 Å². The highest BCUT2D eigenvalue weighted by Crippen LogP contribution is 2.36. The van der Waals surface area contributed by atoms with Crippen LogP contribution in [0.1, 0.15) is 5.56 Å². The molecule has 0 aliphatic carbocycles. The maximum absolute atomic E-state index is 13.8. The van der Waals surface area contributed by atoms with E-state index in [0.29, 0.717) is 18.8 Å². The van der Waals surface area contributed by atoms with Crippen LogP contribution in [0, 0.1) is 5.82 Å². The molecule has 1 aromatic rings. The third-order valence-corrected chi connectivity index (χ3v) is 3.22. The van der Waals surface area contributed by atoms with Crippen molar-refractivity contribution >= 4 is 21.9 Å². The zero-order chi connectivity index (χ0) is 12.5. The topological polar surface area (TPSA) is 46.5 Å². The summed E-state index contributed by atoms with van der Waals surface area (Å²) in [6.07, 6.45) is 2.52. The van der Waals surface area contributed by atoms with Gasteiger partial charge in [0.15, 0.2) is 0 Å². The van der Waals surface area contributed by atoms with Gasteiger partial charge in [-0.05, 0) is 18.2 Å². The van der Waals surface area contributed by atoms with Crippen molar-refractivity contribution in [2.45, 2.75) is 5.41 Å². The highest BCUT2D eigenvalue weighted by molar-refractivity contribution is 9.10. The highest BCUT2D eigenvalue weighted by Gasteiger charge is 2.40. The Morgan fingerprint density at radius 2 is 2.24 bits per heavy atom. The molecule has 0 atom stereocenters.